The van der Waals surface area contributed by atoms with E-state index >= 15 is 0 Å². The van der Waals surface area contributed by atoms with Crippen molar-refractivity contribution in [3.8, 4) is 0 Å². The number of carbonyl (C=O) groups is 1. The molecule has 0 unspecified atom stereocenters. The van der Waals surface area contributed by atoms with Gasteiger partial charge in [0.2, 0.25) is 0 Å². The highest BCUT2D eigenvalue weighted by Gasteiger charge is 2.01. The van der Waals surface area contributed by atoms with Crippen LogP contribution in [-0.2, 0) is 9.53 Å². The fraction of sp³-hybridized carbons (Fsp3) is 0.571. The second-order valence-corrected chi connectivity index (χ2v) is 2.24. The minimum Gasteiger partial charge on any atom is -0.489 e. The maximum Gasteiger partial charge on any atom is 0.286 e. The van der Waals surface area contributed by atoms with Crippen molar-refractivity contribution >= 4 is 16.8 Å². The number of unbranched alkanes of at least 4 members (excludes halogenated alkanes) is 1. The third kappa shape index (κ3) is 4.39. The Hall–Kier alpha value is -0.500. The minimum absolute atomic E-state index is 0.0371. The first-order valence-corrected chi connectivity index (χ1v) is 3.57. The molecule has 0 spiro atoms. The predicted octanol–water partition coefficient (Wildman–Crippen LogP) is 2.08. The summed E-state index contributed by atoms with van der Waals surface area (Å²) in [6.45, 7) is 5.88. The van der Waals surface area contributed by atoms with Gasteiger partial charge < -0.3 is 4.74 Å². The van der Waals surface area contributed by atoms with Gasteiger partial charge in [-0.25, -0.2) is 0 Å². The van der Waals surface area contributed by atoms with Crippen molar-refractivity contribution < 1.29 is 9.53 Å². The molecule has 0 bridgehead atoms. The topological polar surface area (TPSA) is 26.3 Å². The van der Waals surface area contributed by atoms with Crippen molar-refractivity contribution in [1.29, 1.82) is 0 Å². The van der Waals surface area contributed by atoms with Crippen LogP contribution in [0.2, 0.25) is 0 Å². The standard InChI is InChI=1S/C7H11ClO2/c1-3-4-5-10-6(2)7(8)9/h2-5H2,1H3. The number of halogens is 1. The van der Waals surface area contributed by atoms with Gasteiger partial charge in [-0.3, -0.25) is 4.79 Å². The Kier molecular flexibility index (Phi) is 5.03. The number of allylic oxidation sites excluding steroid dienone is 1. The molecule has 0 rings (SSSR count). The highest BCUT2D eigenvalue weighted by molar-refractivity contribution is 6.67. The number of hydrogen-bond acceptors (Lipinski definition) is 2. The summed E-state index contributed by atoms with van der Waals surface area (Å²) in [5.41, 5.74) is 0. The summed E-state index contributed by atoms with van der Waals surface area (Å²) in [7, 11) is 0. The van der Waals surface area contributed by atoms with E-state index < -0.39 is 5.24 Å². The summed E-state index contributed by atoms with van der Waals surface area (Å²) in [4.78, 5) is 10.3. The van der Waals surface area contributed by atoms with Crippen molar-refractivity contribution in [2.24, 2.45) is 0 Å². The van der Waals surface area contributed by atoms with Crippen molar-refractivity contribution in [3.63, 3.8) is 0 Å². The first-order chi connectivity index (χ1) is 4.68. The van der Waals surface area contributed by atoms with Gasteiger partial charge in [-0.15, -0.1) is 0 Å². The molecule has 0 heterocycles. The summed E-state index contributed by atoms with van der Waals surface area (Å²) in [5, 5.41) is -0.615. The van der Waals surface area contributed by atoms with Gasteiger partial charge in [0.05, 0.1) is 6.61 Å². The molecular formula is C7H11ClO2. The molecule has 58 valence electrons. The largest absolute Gasteiger partial charge is 0.489 e. The fourth-order valence-corrected chi connectivity index (χ4v) is 0.451. The maximum atomic E-state index is 10.3. The van der Waals surface area contributed by atoms with Crippen LogP contribution in [-0.4, -0.2) is 11.8 Å². The predicted molar refractivity (Wildman–Crippen MR) is 40.9 cm³/mol. The Morgan fingerprint density at radius 2 is 2.30 bits per heavy atom. The molecule has 0 aliphatic rings. The molecular weight excluding hydrogens is 152 g/mol. The van der Waals surface area contributed by atoms with E-state index in [1.165, 1.54) is 0 Å². The van der Waals surface area contributed by atoms with E-state index in [2.05, 4.69) is 6.58 Å². The van der Waals surface area contributed by atoms with Crippen LogP contribution < -0.4 is 0 Å². The molecule has 0 saturated carbocycles. The molecule has 0 aliphatic carbocycles. The lowest BCUT2D eigenvalue weighted by atomic mass is 10.4. The molecule has 3 heteroatoms. The van der Waals surface area contributed by atoms with Gasteiger partial charge in [-0.2, -0.15) is 0 Å². The average molecular weight is 163 g/mol. The van der Waals surface area contributed by atoms with Crippen LogP contribution in [0.1, 0.15) is 19.8 Å². The van der Waals surface area contributed by atoms with Crippen LogP contribution in [0.5, 0.6) is 0 Å². The van der Waals surface area contributed by atoms with Gasteiger partial charge in [-0.05, 0) is 18.0 Å². The summed E-state index contributed by atoms with van der Waals surface area (Å²) >= 11 is 5.04. The molecule has 0 radical (unpaired) electrons. The third-order valence-electron chi connectivity index (χ3n) is 0.993. The van der Waals surface area contributed by atoms with Crippen LogP contribution >= 0.6 is 11.6 Å². The van der Waals surface area contributed by atoms with Gasteiger partial charge in [0.1, 0.15) is 0 Å². The highest BCUT2D eigenvalue weighted by atomic mass is 35.5. The number of carbonyl (C=O) groups excluding carboxylic acids is 1. The van der Waals surface area contributed by atoms with Crippen LogP contribution in [0.4, 0.5) is 0 Å². The van der Waals surface area contributed by atoms with E-state index in [1.807, 2.05) is 6.92 Å². The Labute approximate surface area is 65.8 Å². The SMILES string of the molecule is C=C(OCCCC)C(=O)Cl. The normalized spacial score (nSPS) is 9.00. The van der Waals surface area contributed by atoms with Crippen molar-refractivity contribution in [2.45, 2.75) is 19.8 Å². The molecule has 0 aromatic heterocycles. The zero-order valence-electron chi connectivity index (χ0n) is 6.02. The summed E-state index contributed by atoms with van der Waals surface area (Å²) in [5.74, 6) is 0.0371. The molecule has 2 nitrogen and oxygen atoms in total. The highest BCUT2D eigenvalue weighted by Crippen LogP contribution is 2.00. The molecule has 0 N–H and O–H groups in total. The van der Waals surface area contributed by atoms with Crippen molar-refractivity contribution in [2.75, 3.05) is 6.61 Å². The Bertz CT molecular complexity index is 132. The molecule has 0 atom stereocenters. The van der Waals surface area contributed by atoms with E-state index in [1.54, 1.807) is 0 Å². The third-order valence-corrected chi connectivity index (χ3v) is 1.20. The first-order valence-electron chi connectivity index (χ1n) is 3.20. The monoisotopic (exact) mass is 162 g/mol. The van der Waals surface area contributed by atoms with Crippen molar-refractivity contribution in [3.05, 3.63) is 12.3 Å². The van der Waals surface area contributed by atoms with E-state index in [-0.39, 0.29) is 5.76 Å². The van der Waals surface area contributed by atoms with E-state index in [0.717, 1.165) is 12.8 Å². The van der Waals surface area contributed by atoms with Crippen LogP contribution in [0.15, 0.2) is 12.3 Å². The lowest BCUT2D eigenvalue weighted by Crippen LogP contribution is -1.99. The summed E-state index contributed by atoms with van der Waals surface area (Å²) < 4.78 is 4.87. The zero-order chi connectivity index (χ0) is 7.98. The van der Waals surface area contributed by atoms with Crippen molar-refractivity contribution in [1.82, 2.24) is 0 Å². The second kappa shape index (κ2) is 5.30. The first kappa shape index (κ1) is 9.50. The summed E-state index contributed by atoms with van der Waals surface area (Å²) in [6, 6.07) is 0. The quantitative estimate of drug-likeness (QED) is 0.268. The molecule has 0 saturated heterocycles. The van der Waals surface area contributed by atoms with Gasteiger partial charge in [0, 0.05) is 0 Å². The minimum atomic E-state index is -0.615. The lowest BCUT2D eigenvalue weighted by Gasteiger charge is -2.02. The maximum absolute atomic E-state index is 10.3. The average Bonchev–Trinajstić information content (AvgIpc) is 1.88. The van der Waals surface area contributed by atoms with E-state index in [9.17, 15) is 4.79 Å². The van der Waals surface area contributed by atoms with Crippen LogP contribution in [0, 0.1) is 0 Å². The Balaban J connectivity index is 3.31. The van der Waals surface area contributed by atoms with Gasteiger partial charge >= 0.3 is 0 Å². The van der Waals surface area contributed by atoms with E-state index in [0.29, 0.717) is 6.61 Å². The van der Waals surface area contributed by atoms with Gasteiger partial charge in [0.25, 0.3) is 5.24 Å². The van der Waals surface area contributed by atoms with Crippen LogP contribution in [0.25, 0.3) is 0 Å². The molecule has 0 fully saturated rings. The molecule has 0 amide bonds. The lowest BCUT2D eigenvalue weighted by molar-refractivity contribution is -0.111. The fourth-order valence-electron chi connectivity index (χ4n) is 0.396. The molecule has 0 aromatic carbocycles. The Morgan fingerprint density at radius 1 is 1.70 bits per heavy atom. The Morgan fingerprint density at radius 3 is 2.70 bits per heavy atom. The second-order valence-electron chi connectivity index (χ2n) is 1.90. The number of hydrogen-bond donors (Lipinski definition) is 0. The van der Waals surface area contributed by atoms with E-state index in [4.69, 9.17) is 16.3 Å². The summed E-state index contributed by atoms with van der Waals surface area (Å²) in [6.07, 6.45) is 1.95. The van der Waals surface area contributed by atoms with Crippen LogP contribution in [0.3, 0.4) is 0 Å². The number of rotatable bonds is 5. The molecule has 0 aliphatic heterocycles. The zero-order valence-corrected chi connectivity index (χ0v) is 6.78. The number of ether oxygens (including phenoxy) is 1. The molecule has 10 heavy (non-hydrogen) atoms. The van der Waals surface area contributed by atoms with Gasteiger partial charge in [-0.1, -0.05) is 19.9 Å². The van der Waals surface area contributed by atoms with Gasteiger partial charge in [0.15, 0.2) is 5.76 Å². The molecule has 0 aromatic rings. The smallest absolute Gasteiger partial charge is 0.286 e.